The number of fused-ring (bicyclic) bond motifs is 2. The van der Waals surface area contributed by atoms with E-state index in [-0.39, 0.29) is 29.4 Å². The number of hydrogen-bond donors (Lipinski definition) is 4. The maximum Gasteiger partial charge on any atom is 0.340 e. The fourth-order valence-corrected chi connectivity index (χ4v) is 4.82. The van der Waals surface area contributed by atoms with Crippen molar-refractivity contribution in [2.45, 2.75) is 58.2 Å². The maximum absolute atomic E-state index is 14.6. The average molecular weight is 439 g/mol. The molecule has 1 aromatic carbocycles. The zero-order valence-electron chi connectivity index (χ0n) is 18.3. The number of carboxylic acid groups (broad SMARTS) is 1. The van der Waals surface area contributed by atoms with Crippen LogP contribution in [0, 0.1) is 12.7 Å². The van der Waals surface area contributed by atoms with Gasteiger partial charge in [0.1, 0.15) is 12.1 Å². The maximum atomic E-state index is 14.6. The monoisotopic (exact) mass is 439 g/mol. The van der Waals surface area contributed by atoms with Crippen LogP contribution in [0.5, 0.6) is 0 Å². The van der Waals surface area contributed by atoms with E-state index in [0.717, 1.165) is 22.1 Å². The third-order valence-corrected chi connectivity index (χ3v) is 6.73. The Hall–Kier alpha value is -3.10. The Kier molecular flexibility index (Phi) is 5.38. The van der Waals surface area contributed by atoms with Gasteiger partial charge in [-0.3, -0.25) is 4.79 Å². The number of aromatic nitrogens is 1. The Bertz CT molecular complexity index is 1230. The third-order valence-electron chi connectivity index (χ3n) is 6.73. The molecule has 8 heteroatoms. The topological polar surface area (TPSA) is 126 Å². The molecular weight excluding hydrogens is 413 g/mol. The molecule has 1 aliphatic carbocycles. The lowest BCUT2D eigenvalue weighted by Gasteiger charge is -2.26. The van der Waals surface area contributed by atoms with Crippen LogP contribution < -0.4 is 11.1 Å². The van der Waals surface area contributed by atoms with Crippen LogP contribution in [0.2, 0.25) is 0 Å². The van der Waals surface area contributed by atoms with Gasteiger partial charge in [-0.1, -0.05) is 6.92 Å². The molecule has 2 unspecified atom stereocenters. The van der Waals surface area contributed by atoms with Crippen molar-refractivity contribution in [3.05, 3.63) is 57.1 Å². The zero-order chi connectivity index (χ0) is 23.4. The van der Waals surface area contributed by atoms with Gasteiger partial charge >= 0.3 is 5.97 Å². The van der Waals surface area contributed by atoms with Gasteiger partial charge in [0.15, 0.2) is 5.60 Å². The number of aliphatic hydroxyl groups is 1. The lowest BCUT2D eigenvalue weighted by atomic mass is 9.82. The molecule has 0 spiro atoms. The molecule has 4 rings (SSSR count). The number of halogens is 1. The van der Waals surface area contributed by atoms with Crippen LogP contribution in [-0.4, -0.2) is 33.1 Å². The van der Waals surface area contributed by atoms with Crippen LogP contribution in [0.3, 0.4) is 0 Å². The van der Waals surface area contributed by atoms with E-state index in [1.165, 1.54) is 26.0 Å². The summed E-state index contributed by atoms with van der Waals surface area (Å²) >= 11 is 0. The molecule has 0 radical (unpaired) electrons. The summed E-state index contributed by atoms with van der Waals surface area (Å²) in [5.74, 6) is -1.78. The number of carbonyl (C=O) groups excluding carboxylic acids is 1. The zero-order valence-corrected chi connectivity index (χ0v) is 18.3. The van der Waals surface area contributed by atoms with Crippen molar-refractivity contribution in [2.24, 2.45) is 5.73 Å². The number of rotatable bonds is 5. The highest BCUT2D eigenvalue weighted by atomic mass is 19.1. The second-order valence-corrected chi connectivity index (χ2v) is 8.50. The molecule has 0 saturated carbocycles. The van der Waals surface area contributed by atoms with Crippen molar-refractivity contribution in [1.82, 2.24) is 10.3 Å². The molecule has 2 atom stereocenters. The van der Waals surface area contributed by atoms with Gasteiger partial charge in [0.2, 0.25) is 0 Å². The van der Waals surface area contributed by atoms with Crippen LogP contribution in [0.25, 0.3) is 16.6 Å². The normalized spacial score (nSPS) is 21.1. The first-order valence-electron chi connectivity index (χ1n) is 10.6. The third kappa shape index (κ3) is 3.13. The van der Waals surface area contributed by atoms with Crippen LogP contribution in [0.15, 0.2) is 23.3 Å². The minimum absolute atomic E-state index is 0.0199. The number of aryl methyl sites for hydroxylation is 1. The summed E-state index contributed by atoms with van der Waals surface area (Å²) < 4.78 is 14.6. The smallest absolute Gasteiger partial charge is 0.340 e. The fourth-order valence-electron chi connectivity index (χ4n) is 4.82. The van der Waals surface area contributed by atoms with Crippen LogP contribution in [0.4, 0.5) is 4.39 Å². The molecule has 32 heavy (non-hydrogen) atoms. The van der Waals surface area contributed by atoms with E-state index in [1.54, 1.807) is 6.92 Å². The van der Waals surface area contributed by atoms with Crippen molar-refractivity contribution in [3.8, 4) is 0 Å². The molecule has 2 heterocycles. The number of carbonyl (C=O) groups is 2. The number of pyridine rings is 1. The molecule has 7 nitrogen and oxygen atoms in total. The van der Waals surface area contributed by atoms with Crippen molar-refractivity contribution < 1.29 is 24.2 Å². The van der Waals surface area contributed by atoms with Gasteiger partial charge in [-0.05, 0) is 61.4 Å². The molecule has 168 valence electrons. The van der Waals surface area contributed by atoms with Crippen LogP contribution >= 0.6 is 0 Å². The molecule has 5 N–H and O–H groups in total. The Morgan fingerprint density at radius 3 is 2.78 bits per heavy atom. The average Bonchev–Trinajstić information content (AvgIpc) is 3.17. The van der Waals surface area contributed by atoms with Gasteiger partial charge < -0.3 is 21.3 Å². The number of carboxylic acids is 1. The summed E-state index contributed by atoms with van der Waals surface area (Å²) in [7, 11) is 0. The molecule has 0 amide bonds. The van der Waals surface area contributed by atoms with E-state index in [9.17, 15) is 24.2 Å². The van der Waals surface area contributed by atoms with E-state index in [2.05, 4.69) is 5.32 Å². The van der Waals surface area contributed by atoms with Crippen LogP contribution in [0.1, 0.15) is 60.7 Å². The summed E-state index contributed by atoms with van der Waals surface area (Å²) in [6, 6.07) is 1.17. The van der Waals surface area contributed by atoms with Gasteiger partial charge in [0.05, 0.1) is 16.9 Å². The number of aliphatic carboxylic acids is 1. The molecule has 2 aromatic rings. The predicted octanol–water partition coefficient (Wildman–Crippen LogP) is 2.81. The van der Waals surface area contributed by atoms with E-state index in [0.29, 0.717) is 48.1 Å². The van der Waals surface area contributed by atoms with Gasteiger partial charge in [-0.25, -0.2) is 14.2 Å². The van der Waals surface area contributed by atoms with E-state index in [4.69, 9.17) is 10.7 Å². The summed E-state index contributed by atoms with van der Waals surface area (Å²) in [6.45, 7) is 5.16. The minimum Gasteiger partial charge on any atom is -0.479 e. The largest absolute Gasteiger partial charge is 0.479 e. The fraction of sp³-hybridized carbons (Fsp3) is 0.375. The summed E-state index contributed by atoms with van der Waals surface area (Å²) in [6.07, 6.45) is 3.21. The highest BCUT2D eigenvalue weighted by Gasteiger charge is 2.39. The van der Waals surface area contributed by atoms with Crippen LogP contribution in [-0.2, 0) is 22.6 Å². The number of nitrogens with one attached hydrogen (secondary N) is 1. The quantitative estimate of drug-likeness (QED) is 0.417. The number of hydrogen-bond acceptors (Lipinski definition) is 6. The number of allylic oxidation sites excluding steroid dienone is 1. The van der Waals surface area contributed by atoms with Gasteiger partial charge in [0, 0.05) is 35.2 Å². The highest BCUT2D eigenvalue weighted by Crippen LogP contribution is 2.42. The van der Waals surface area contributed by atoms with Crippen molar-refractivity contribution in [2.75, 3.05) is 0 Å². The first-order chi connectivity index (χ1) is 15.1. The minimum atomic E-state index is -2.24. The molecule has 0 saturated heterocycles. The van der Waals surface area contributed by atoms with Crippen molar-refractivity contribution in [3.63, 3.8) is 0 Å². The molecule has 1 aromatic heterocycles. The Morgan fingerprint density at radius 2 is 2.16 bits per heavy atom. The summed E-state index contributed by atoms with van der Waals surface area (Å²) in [4.78, 5) is 28.0. The second-order valence-electron chi connectivity index (χ2n) is 8.50. The van der Waals surface area contributed by atoms with Gasteiger partial charge in [-0.15, -0.1) is 0 Å². The standard InChI is InChI=1S/C24H26FN3O4/c1-4-24(32,23(30)31)15(11(2)10-29)7-19-22-14(9-27-19)20-17(26)6-5-13-12(3)16(25)8-18(28-22)21(13)20/h7-8,10,17,27,32H,4-6,9,26H2,1-3H3,(H,30,31)/b15-11+,19-7-. The lowest BCUT2D eigenvalue weighted by Crippen LogP contribution is -2.40. The summed E-state index contributed by atoms with van der Waals surface area (Å²) in [5.41, 5.74) is 9.12. The van der Waals surface area contributed by atoms with E-state index in [1.807, 2.05) is 0 Å². The molecule has 0 bridgehead atoms. The first-order valence-corrected chi connectivity index (χ1v) is 10.6. The van der Waals surface area contributed by atoms with Crippen molar-refractivity contribution in [1.29, 1.82) is 0 Å². The highest BCUT2D eigenvalue weighted by molar-refractivity contribution is 5.93. The molecular formula is C24H26FN3O4. The van der Waals surface area contributed by atoms with Gasteiger partial charge in [0.25, 0.3) is 0 Å². The SMILES string of the molecule is CCC(O)(C(=O)O)C(/C=C1\NCc2c1nc1cc(F)c(C)c3c1c2C(N)CC3)=C(\C)C=O. The van der Waals surface area contributed by atoms with E-state index < -0.39 is 11.6 Å². The van der Waals surface area contributed by atoms with Gasteiger partial charge in [-0.2, -0.15) is 0 Å². The molecule has 0 fully saturated rings. The lowest BCUT2D eigenvalue weighted by molar-refractivity contribution is -0.154. The summed E-state index contributed by atoms with van der Waals surface area (Å²) in [5, 5.41) is 24.6. The van der Waals surface area contributed by atoms with E-state index >= 15 is 0 Å². The second kappa shape index (κ2) is 7.79. The predicted molar refractivity (Wildman–Crippen MR) is 118 cm³/mol. The number of aldehydes is 1. The molecule has 1 aliphatic heterocycles. The first kappa shape index (κ1) is 22.1. The Morgan fingerprint density at radius 1 is 1.44 bits per heavy atom. The number of nitrogens with two attached hydrogens (primary N) is 1. The molecule has 2 aliphatic rings. The van der Waals surface area contributed by atoms with Crippen molar-refractivity contribution >= 4 is 28.9 Å². The Labute approximate surface area is 184 Å². The number of benzene rings is 1. The Balaban J connectivity index is 1.99. The number of nitrogens with zero attached hydrogens (tertiary/aromatic N) is 1.